The summed E-state index contributed by atoms with van der Waals surface area (Å²) < 4.78 is 34.2. The molecule has 29 aromatic rings. The van der Waals surface area contributed by atoms with Crippen molar-refractivity contribution in [1.82, 2.24) is 27.4 Å². The van der Waals surface area contributed by atoms with Gasteiger partial charge in [-0.15, -0.1) is 0 Å². The summed E-state index contributed by atoms with van der Waals surface area (Å²) in [6, 6.07) is 161. The van der Waals surface area contributed by atoms with Crippen molar-refractivity contribution in [3.63, 3.8) is 0 Å². The lowest BCUT2D eigenvalue weighted by molar-refractivity contribution is 0.666. The predicted octanol–water partition coefficient (Wildman–Crippen LogP) is 32.7. The van der Waals surface area contributed by atoms with Gasteiger partial charge in [0.2, 0.25) is 0 Å². The Morgan fingerprint density at radius 3 is 0.736 bits per heavy atom. The van der Waals surface area contributed by atoms with Crippen LogP contribution in [0.4, 0.5) is 0 Å². The minimum absolute atomic E-state index is 0.896. The molecule has 0 fully saturated rings. The molecule has 0 amide bonds. The Morgan fingerprint density at radius 1 is 0.132 bits per heavy atom. The summed E-state index contributed by atoms with van der Waals surface area (Å²) in [6.45, 7) is 0. The number of furan rings is 3. The summed E-state index contributed by atoms with van der Waals surface area (Å²) in [7, 11) is 0. The third kappa shape index (κ3) is 11.0. The molecule has 0 saturated carbocycles. The number of fused-ring (bicyclic) bond motifs is 27. The number of rotatable bonds is 8. The maximum atomic E-state index is 6.65. The molecule has 9 nitrogen and oxygen atoms in total. The highest BCUT2D eigenvalue weighted by atomic mass is 16.3. The van der Waals surface area contributed by atoms with Crippen LogP contribution < -0.4 is 0 Å². The fourth-order valence-corrected chi connectivity index (χ4v) is 21.2. The van der Waals surface area contributed by atoms with Crippen LogP contribution in [0, 0.1) is 0 Å². The molecule has 0 saturated heterocycles. The summed E-state index contributed by atoms with van der Waals surface area (Å²) in [5.41, 5.74) is 30.8. The van der Waals surface area contributed by atoms with Crippen molar-refractivity contribution in [3.8, 4) is 56.4 Å². The first-order chi connectivity index (χ1) is 64.0. The minimum Gasteiger partial charge on any atom is -0.455 e. The molecule has 602 valence electrons. The zero-order chi connectivity index (χ0) is 84.5. The molecule has 0 aliphatic heterocycles. The lowest BCUT2D eigenvalue weighted by atomic mass is 9.99. The van der Waals surface area contributed by atoms with Gasteiger partial charge in [-0.25, -0.2) is 0 Å². The van der Waals surface area contributed by atoms with Crippen molar-refractivity contribution in [3.05, 3.63) is 449 Å². The number of para-hydroxylation sites is 15. The second kappa shape index (κ2) is 28.6. The van der Waals surface area contributed by atoms with Crippen molar-refractivity contribution < 1.29 is 13.3 Å². The first-order valence-electron chi connectivity index (χ1n) is 44.0. The highest BCUT2D eigenvalue weighted by Gasteiger charge is 2.27. The van der Waals surface area contributed by atoms with Crippen molar-refractivity contribution in [2.24, 2.45) is 0 Å². The van der Waals surface area contributed by atoms with Gasteiger partial charge in [0.05, 0.1) is 77.6 Å². The largest absolute Gasteiger partial charge is 0.455 e. The monoisotopic (exact) mass is 1650 g/mol. The Labute approximate surface area is 737 Å². The predicted molar refractivity (Wildman–Crippen MR) is 538 cm³/mol. The quantitative estimate of drug-likeness (QED) is 0.152. The highest BCUT2D eigenvalue weighted by Crippen LogP contribution is 2.48. The molecule has 9 heterocycles. The Balaban J connectivity index is 0.000000100. The Kier molecular flexibility index (Phi) is 16.0. The van der Waals surface area contributed by atoms with E-state index in [2.05, 4.69) is 458 Å². The van der Waals surface area contributed by atoms with Gasteiger partial charge in [-0.1, -0.05) is 285 Å². The van der Waals surface area contributed by atoms with Gasteiger partial charge in [0.25, 0.3) is 0 Å². The van der Waals surface area contributed by atoms with Crippen LogP contribution in [-0.4, -0.2) is 27.4 Å². The van der Waals surface area contributed by atoms with Crippen molar-refractivity contribution in [2.45, 2.75) is 0 Å². The smallest absolute Gasteiger partial charge is 0.159 e. The van der Waals surface area contributed by atoms with E-state index in [0.717, 1.165) is 117 Å². The standard InChI is InChI=1S/2C42H26N2O.C36H22N2O/c1-2-12-29(13-3-1)43-36-18-8-6-16-32(36)34-24-27(22-23-39(34)43)28-25-35-33-17-7-11-21-41(33)45-42(35)40(26-28)44-37-19-9-4-14-30(37)31-15-5-10-20-38(31)44;1-2-12-28(13-3-1)43-39-20-10-6-16-32(39)35-24-27(22-23-40(35)43)34-25-29(26-36-33-17-7-11-21-41(33)45-42(34)36)44-37-18-8-4-14-30(37)31-15-5-9-19-38(31)44;1-6-16-30-24(11-1)25-12-2-7-17-31(25)37(30)23-21-29-28-15-5-10-20-35(28)39-36(29)34(22-23)38-32-18-8-3-13-26(32)27-14-4-9-19-33(27)38/h2*1-26H;1-22H. The van der Waals surface area contributed by atoms with E-state index in [0.29, 0.717) is 0 Å². The van der Waals surface area contributed by atoms with Crippen LogP contribution in [-0.2, 0) is 0 Å². The van der Waals surface area contributed by atoms with Gasteiger partial charge in [-0.3, -0.25) is 0 Å². The Morgan fingerprint density at radius 2 is 0.372 bits per heavy atom. The molecule has 9 heteroatoms. The lowest BCUT2D eigenvalue weighted by Crippen LogP contribution is -1.99. The van der Waals surface area contributed by atoms with Crippen LogP contribution in [0.3, 0.4) is 0 Å². The maximum Gasteiger partial charge on any atom is 0.159 e. The van der Waals surface area contributed by atoms with Crippen molar-refractivity contribution >= 4 is 197 Å². The summed E-state index contributed by atoms with van der Waals surface area (Å²) in [4.78, 5) is 0. The molecule has 0 aliphatic carbocycles. The normalized spacial score (nSPS) is 12.0. The minimum atomic E-state index is 0.896. The van der Waals surface area contributed by atoms with E-state index in [9.17, 15) is 0 Å². The molecule has 0 spiro atoms. The van der Waals surface area contributed by atoms with Crippen LogP contribution in [0.25, 0.3) is 253 Å². The first-order valence-corrected chi connectivity index (χ1v) is 44.0. The van der Waals surface area contributed by atoms with Crippen LogP contribution >= 0.6 is 0 Å². The van der Waals surface area contributed by atoms with Gasteiger partial charge >= 0.3 is 0 Å². The van der Waals surface area contributed by atoms with E-state index >= 15 is 0 Å². The number of benzene rings is 20. The molecule has 0 N–H and O–H groups in total. The summed E-state index contributed by atoms with van der Waals surface area (Å²) in [5.74, 6) is 0. The zero-order valence-electron chi connectivity index (χ0n) is 69.6. The number of hydrogen-bond donors (Lipinski definition) is 0. The average molecular weight is 1650 g/mol. The molecule has 0 aliphatic rings. The summed E-state index contributed by atoms with van der Waals surface area (Å²) in [6.07, 6.45) is 0. The Hall–Kier alpha value is -17.4. The van der Waals surface area contributed by atoms with E-state index in [1.807, 2.05) is 18.2 Å². The molecule has 0 atom stereocenters. The Bertz CT molecular complexity index is 9450. The fraction of sp³-hybridized carbons (Fsp3) is 0. The lowest BCUT2D eigenvalue weighted by Gasteiger charge is -2.14. The van der Waals surface area contributed by atoms with E-state index in [1.54, 1.807) is 0 Å². The number of hydrogen-bond acceptors (Lipinski definition) is 3. The second-order valence-electron chi connectivity index (χ2n) is 33.7. The molecule has 29 rings (SSSR count). The fourth-order valence-electron chi connectivity index (χ4n) is 21.2. The van der Waals surface area contributed by atoms with E-state index < -0.39 is 0 Å². The third-order valence-corrected chi connectivity index (χ3v) is 26.7. The number of nitrogens with zero attached hydrogens (tertiary/aromatic N) is 6. The van der Waals surface area contributed by atoms with Gasteiger partial charge in [0, 0.05) is 125 Å². The number of aromatic nitrogens is 6. The van der Waals surface area contributed by atoms with E-state index in [1.165, 1.54) is 136 Å². The van der Waals surface area contributed by atoms with Crippen LogP contribution in [0.2, 0.25) is 0 Å². The molecule has 9 aromatic heterocycles. The maximum absolute atomic E-state index is 6.65. The molecular formula is C120H74N6O3. The molecule has 0 unspecified atom stereocenters. The molecule has 20 aromatic carbocycles. The van der Waals surface area contributed by atoms with Gasteiger partial charge in [-0.2, -0.15) is 0 Å². The second-order valence-corrected chi connectivity index (χ2v) is 33.7. The first kappa shape index (κ1) is 72.1. The highest BCUT2D eigenvalue weighted by molar-refractivity contribution is 6.20. The molecule has 0 radical (unpaired) electrons. The van der Waals surface area contributed by atoms with Crippen LogP contribution in [0.1, 0.15) is 0 Å². The van der Waals surface area contributed by atoms with Crippen molar-refractivity contribution in [1.29, 1.82) is 0 Å². The van der Waals surface area contributed by atoms with E-state index in [4.69, 9.17) is 13.3 Å². The van der Waals surface area contributed by atoms with Crippen molar-refractivity contribution in [2.75, 3.05) is 0 Å². The van der Waals surface area contributed by atoms with Gasteiger partial charge in [-0.05, 0) is 180 Å². The summed E-state index contributed by atoms with van der Waals surface area (Å²) in [5, 5.41) is 21.6. The van der Waals surface area contributed by atoms with Crippen LogP contribution in [0.5, 0.6) is 0 Å². The molecule has 0 bridgehead atoms. The van der Waals surface area contributed by atoms with E-state index in [-0.39, 0.29) is 0 Å². The third-order valence-electron chi connectivity index (χ3n) is 26.7. The van der Waals surface area contributed by atoms with Gasteiger partial charge in [0.15, 0.2) is 11.2 Å². The molecule has 129 heavy (non-hydrogen) atoms. The SMILES string of the molecule is c1ccc(-n2c3ccccc3c3cc(-c4cc(-n5c6ccccc6c6ccccc65)c5oc6ccccc6c5c4)ccc32)cc1.c1ccc(-n2c3ccccc3c3cc(-c4cc(-n5c6ccccc6c6ccccc65)cc5c4oc4ccccc45)ccc32)cc1.c1ccc2c(c1)oc1c(-n3c4ccccc4c4ccccc43)cc(-n3c4ccccc4c4ccccc43)cc12. The van der Waals surface area contributed by atoms with Gasteiger partial charge < -0.3 is 40.7 Å². The summed E-state index contributed by atoms with van der Waals surface area (Å²) >= 11 is 0. The zero-order valence-corrected chi connectivity index (χ0v) is 69.6. The van der Waals surface area contributed by atoms with Crippen LogP contribution in [0.15, 0.2) is 462 Å². The molecular weight excluding hydrogens is 1570 g/mol. The average Bonchev–Trinajstić information content (AvgIpc) is 1.56. The topological polar surface area (TPSA) is 69.0 Å². The van der Waals surface area contributed by atoms with Gasteiger partial charge in [0.1, 0.15) is 22.3 Å².